The van der Waals surface area contributed by atoms with Crippen LogP contribution in [0.5, 0.6) is 5.88 Å². The lowest BCUT2D eigenvalue weighted by atomic mass is 10.2. The van der Waals surface area contributed by atoms with E-state index in [9.17, 15) is 4.79 Å². The molecule has 6 rings (SSSR count). The summed E-state index contributed by atoms with van der Waals surface area (Å²) in [6.45, 7) is 0.778. The summed E-state index contributed by atoms with van der Waals surface area (Å²) in [5.74, 6) is 0.327. The van der Waals surface area contributed by atoms with Crippen molar-refractivity contribution in [3.63, 3.8) is 0 Å². The summed E-state index contributed by atoms with van der Waals surface area (Å²) in [6, 6.07) is 11.1. The Morgan fingerprint density at radius 1 is 1.12 bits per heavy atom. The molecule has 1 aromatic carbocycles. The molecule has 0 spiro atoms. The first-order chi connectivity index (χ1) is 16.7. The Labute approximate surface area is 198 Å². The number of aromatic nitrogens is 7. The van der Waals surface area contributed by atoms with E-state index >= 15 is 0 Å². The van der Waals surface area contributed by atoms with Gasteiger partial charge in [-0.25, -0.2) is 24.1 Å². The summed E-state index contributed by atoms with van der Waals surface area (Å²) in [4.78, 5) is 30.7. The molecule has 0 saturated carbocycles. The fourth-order valence-electron chi connectivity index (χ4n) is 4.26. The van der Waals surface area contributed by atoms with Crippen LogP contribution in [0.1, 0.15) is 31.2 Å². The minimum absolute atomic E-state index is 0.0595. The fourth-order valence-corrected chi connectivity index (χ4v) is 4.47. The quantitative estimate of drug-likeness (QED) is 0.381. The van der Waals surface area contributed by atoms with E-state index in [-0.39, 0.29) is 23.7 Å². The van der Waals surface area contributed by atoms with Crippen LogP contribution in [0.25, 0.3) is 22.5 Å². The van der Waals surface area contributed by atoms with Crippen molar-refractivity contribution in [2.24, 2.45) is 0 Å². The minimum Gasteiger partial charge on any atom is -0.470 e. The molecule has 1 fully saturated rings. The lowest BCUT2D eigenvalue weighted by Crippen LogP contribution is -2.28. The van der Waals surface area contributed by atoms with Crippen molar-refractivity contribution in [2.45, 2.75) is 32.1 Å². The van der Waals surface area contributed by atoms with E-state index in [4.69, 9.17) is 21.1 Å². The highest BCUT2D eigenvalue weighted by Crippen LogP contribution is 2.28. The second-order valence-corrected chi connectivity index (χ2v) is 8.36. The van der Waals surface area contributed by atoms with Gasteiger partial charge in [0, 0.05) is 12.7 Å². The van der Waals surface area contributed by atoms with Crippen LogP contribution >= 0.6 is 11.6 Å². The average molecular weight is 478 g/mol. The molecule has 10 nitrogen and oxygen atoms in total. The third kappa shape index (κ3) is 3.51. The Morgan fingerprint density at radius 3 is 2.82 bits per heavy atom. The molecule has 0 aliphatic carbocycles. The third-order valence-corrected chi connectivity index (χ3v) is 6.14. The molecule has 11 heteroatoms. The van der Waals surface area contributed by atoms with E-state index in [2.05, 4.69) is 19.9 Å². The van der Waals surface area contributed by atoms with Gasteiger partial charge in [0.25, 0.3) is 0 Å². The highest BCUT2D eigenvalue weighted by molar-refractivity contribution is 6.29. The number of hydrogen-bond acceptors (Lipinski definition) is 7. The van der Waals surface area contributed by atoms with Gasteiger partial charge in [-0.2, -0.15) is 4.98 Å². The van der Waals surface area contributed by atoms with Crippen LogP contribution in [0.2, 0.25) is 5.15 Å². The highest BCUT2D eigenvalue weighted by Gasteiger charge is 2.21. The summed E-state index contributed by atoms with van der Waals surface area (Å²) >= 11 is 6.21. The lowest BCUT2D eigenvalue weighted by Gasteiger charge is -2.23. The smallest absolute Gasteiger partial charge is 0.340 e. The van der Waals surface area contributed by atoms with Gasteiger partial charge in [0.15, 0.2) is 11.2 Å². The number of hydrogen-bond donors (Lipinski definition) is 0. The van der Waals surface area contributed by atoms with E-state index in [0.717, 1.165) is 25.9 Å². The van der Waals surface area contributed by atoms with Gasteiger partial charge in [0.1, 0.15) is 30.0 Å². The Bertz CT molecular complexity index is 1540. The second-order valence-electron chi connectivity index (χ2n) is 7.98. The summed E-state index contributed by atoms with van der Waals surface area (Å²) < 4.78 is 16.8. The Kier molecular flexibility index (Phi) is 5.23. The number of imidazole rings is 2. The van der Waals surface area contributed by atoms with Gasteiger partial charge in [-0.3, -0.25) is 9.13 Å². The summed E-state index contributed by atoms with van der Waals surface area (Å²) in [5, 5.41) is 0.241. The molecule has 0 N–H and O–H groups in total. The molecular weight excluding hydrogens is 458 g/mol. The van der Waals surface area contributed by atoms with Crippen molar-refractivity contribution in [1.82, 2.24) is 33.5 Å². The third-order valence-electron chi connectivity index (χ3n) is 5.87. The Balaban J connectivity index is 1.39. The predicted molar refractivity (Wildman–Crippen MR) is 124 cm³/mol. The van der Waals surface area contributed by atoms with E-state index in [1.54, 1.807) is 17.0 Å². The normalized spacial score (nSPS) is 16.3. The van der Waals surface area contributed by atoms with Crippen LogP contribution in [0.4, 0.5) is 0 Å². The standard InChI is InChI=1S/C23H20ClN7O3/c24-17-11-25-18-10-16(30(23(32)31(17)18)15-6-2-1-3-7-15)12-34-22-20-21(26-13-27-22)29(14-28-20)19-8-4-5-9-33-19/h1-3,6-7,10-11,13-14,19H,4-5,8-9,12H2. The number of halogens is 1. The maximum Gasteiger partial charge on any atom is 0.340 e. The van der Waals surface area contributed by atoms with Gasteiger partial charge in [0.05, 0.1) is 23.9 Å². The first-order valence-corrected chi connectivity index (χ1v) is 11.3. The molecule has 0 amide bonds. The number of nitrogens with zero attached hydrogens (tertiary/aromatic N) is 7. The molecule has 34 heavy (non-hydrogen) atoms. The predicted octanol–water partition coefficient (Wildman–Crippen LogP) is 3.56. The fraction of sp³-hybridized carbons (Fsp3) is 0.261. The van der Waals surface area contributed by atoms with Crippen LogP contribution in [0.3, 0.4) is 0 Å². The molecule has 172 valence electrons. The Morgan fingerprint density at radius 2 is 2.00 bits per heavy atom. The summed E-state index contributed by atoms with van der Waals surface area (Å²) in [7, 11) is 0. The van der Waals surface area contributed by atoms with E-state index in [1.807, 2.05) is 34.9 Å². The zero-order chi connectivity index (χ0) is 23.1. The highest BCUT2D eigenvalue weighted by atomic mass is 35.5. The van der Waals surface area contributed by atoms with Crippen LogP contribution in [0, 0.1) is 0 Å². The second kappa shape index (κ2) is 8.54. The lowest BCUT2D eigenvalue weighted by molar-refractivity contribution is -0.0298. The van der Waals surface area contributed by atoms with E-state index in [1.165, 1.54) is 16.9 Å². The molecule has 5 aromatic rings. The van der Waals surface area contributed by atoms with Crippen LogP contribution < -0.4 is 10.4 Å². The van der Waals surface area contributed by atoms with Gasteiger partial charge in [-0.05, 0) is 31.4 Å². The molecule has 1 saturated heterocycles. The van der Waals surface area contributed by atoms with Gasteiger partial charge in [-0.1, -0.05) is 29.8 Å². The maximum atomic E-state index is 13.3. The van der Waals surface area contributed by atoms with Crippen LogP contribution in [-0.2, 0) is 11.3 Å². The molecular formula is C23H20ClN7O3. The van der Waals surface area contributed by atoms with Gasteiger partial charge in [0.2, 0.25) is 5.88 Å². The SMILES string of the molecule is O=c1n(-c2ccccc2)c(COc2ncnc3c2ncn3C2CCCCO2)cc2ncc(Cl)n12. The molecule has 4 aromatic heterocycles. The zero-order valence-electron chi connectivity index (χ0n) is 18.0. The first kappa shape index (κ1) is 20.8. The van der Waals surface area contributed by atoms with Crippen LogP contribution in [0.15, 0.2) is 60.0 Å². The summed E-state index contributed by atoms with van der Waals surface area (Å²) in [6.07, 6.45) is 7.56. The Hall–Kier alpha value is -3.76. The minimum atomic E-state index is -0.337. The first-order valence-electron chi connectivity index (χ1n) is 11.0. The van der Waals surface area contributed by atoms with Crippen molar-refractivity contribution in [2.75, 3.05) is 6.61 Å². The van der Waals surface area contributed by atoms with Gasteiger partial charge < -0.3 is 9.47 Å². The number of para-hydroxylation sites is 1. The van der Waals surface area contributed by atoms with Gasteiger partial charge in [-0.15, -0.1) is 0 Å². The summed E-state index contributed by atoms with van der Waals surface area (Å²) in [5.41, 5.74) is 2.56. The van der Waals surface area contributed by atoms with E-state index < -0.39 is 0 Å². The molecule has 1 atom stereocenters. The van der Waals surface area contributed by atoms with Crippen molar-refractivity contribution < 1.29 is 9.47 Å². The molecule has 5 heterocycles. The molecule has 1 aliphatic heterocycles. The molecule has 1 aliphatic rings. The van der Waals surface area contributed by atoms with E-state index in [0.29, 0.717) is 34.1 Å². The van der Waals surface area contributed by atoms with Crippen molar-refractivity contribution in [3.8, 4) is 11.6 Å². The molecule has 0 radical (unpaired) electrons. The van der Waals surface area contributed by atoms with Gasteiger partial charge >= 0.3 is 5.69 Å². The van der Waals surface area contributed by atoms with Crippen LogP contribution in [-0.4, -0.2) is 40.1 Å². The van der Waals surface area contributed by atoms with Crippen molar-refractivity contribution >= 4 is 28.4 Å². The number of rotatable bonds is 5. The molecule has 0 bridgehead atoms. The van der Waals surface area contributed by atoms with Crippen molar-refractivity contribution in [1.29, 1.82) is 0 Å². The topological polar surface area (TPSA) is 101 Å². The number of fused-ring (bicyclic) bond motifs is 2. The maximum absolute atomic E-state index is 13.3. The van der Waals surface area contributed by atoms with Crippen molar-refractivity contribution in [3.05, 3.63) is 76.6 Å². The average Bonchev–Trinajstić information content (AvgIpc) is 3.48. The zero-order valence-corrected chi connectivity index (χ0v) is 18.8. The monoisotopic (exact) mass is 477 g/mol. The largest absolute Gasteiger partial charge is 0.470 e. The molecule has 1 unspecified atom stereocenters. The number of ether oxygens (including phenoxy) is 2. The number of benzene rings is 1.